The van der Waals surface area contributed by atoms with E-state index in [1.807, 2.05) is 6.07 Å². The van der Waals surface area contributed by atoms with Gasteiger partial charge in [0.15, 0.2) is 0 Å². The van der Waals surface area contributed by atoms with Crippen molar-refractivity contribution >= 4 is 39.9 Å². The molecule has 0 aliphatic carbocycles. The van der Waals surface area contributed by atoms with Gasteiger partial charge in [0.1, 0.15) is 0 Å². The van der Waals surface area contributed by atoms with E-state index in [4.69, 9.17) is 17.3 Å². The van der Waals surface area contributed by atoms with Crippen molar-refractivity contribution in [3.8, 4) is 0 Å². The van der Waals surface area contributed by atoms with Crippen molar-refractivity contribution in [2.24, 2.45) is 5.73 Å². The number of alkyl halides is 2. The van der Waals surface area contributed by atoms with Crippen molar-refractivity contribution in [2.75, 3.05) is 14.6 Å². The van der Waals surface area contributed by atoms with Gasteiger partial charge in [0.2, 0.25) is 0 Å². The Balaban J connectivity index is 2.64. The molecule has 2 nitrogen and oxygen atoms in total. The number of fused-ring (bicyclic) bond motifs is 1. The average Bonchev–Trinajstić information content (AvgIpc) is 2.49. The van der Waals surface area contributed by atoms with Gasteiger partial charge in [-0.2, -0.15) is 0 Å². The van der Waals surface area contributed by atoms with Crippen LogP contribution in [0.25, 0.3) is 0 Å². The van der Waals surface area contributed by atoms with Gasteiger partial charge in [-0.25, -0.2) is 0 Å². The van der Waals surface area contributed by atoms with Gasteiger partial charge >= 0.3 is 127 Å². The number of benzene rings is 1. The number of nitrogens with zero attached hydrogens (tertiary/aromatic N) is 1. The first-order chi connectivity index (χ1) is 7.49. The third-order valence-electron chi connectivity index (χ3n) is 2.81. The van der Waals surface area contributed by atoms with E-state index in [0.29, 0.717) is 6.54 Å². The molecule has 1 aliphatic heterocycles. The van der Waals surface area contributed by atoms with Crippen LogP contribution in [0.2, 0.25) is 5.02 Å². The third-order valence-corrected chi connectivity index (χ3v) is 5.93. The summed E-state index contributed by atoms with van der Waals surface area (Å²) in [4.78, 5) is 2.28. The molecule has 2 rings (SSSR count). The minimum absolute atomic E-state index is 0.0535. The van der Waals surface area contributed by atoms with Crippen molar-refractivity contribution in [1.82, 2.24) is 0 Å². The SMILES string of the molecule is C[I-]N1CC(C)(I)c2c(CN)cc(Cl)cc21. The Morgan fingerprint density at radius 1 is 1.62 bits per heavy atom. The molecule has 0 amide bonds. The van der Waals surface area contributed by atoms with Crippen LogP contribution in [0.1, 0.15) is 18.1 Å². The van der Waals surface area contributed by atoms with E-state index in [0.717, 1.165) is 11.6 Å². The molecule has 1 unspecified atom stereocenters. The van der Waals surface area contributed by atoms with Crippen LogP contribution in [-0.4, -0.2) is 11.5 Å². The van der Waals surface area contributed by atoms with Crippen LogP contribution in [0.4, 0.5) is 5.69 Å². The second-order valence-electron chi connectivity index (χ2n) is 4.05. The number of anilines is 1. The quantitative estimate of drug-likeness (QED) is 0.377. The molecule has 1 heterocycles. The van der Waals surface area contributed by atoms with Gasteiger partial charge in [-0.05, 0) is 0 Å². The van der Waals surface area contributed by atoms with E-state index in [-0.39, 0.29) is 24.9 Å². The Bertz CT molecular complexity index is 421. The molecule has 2 N–H and O–H groups in total. The fraction of sp³-hybridized carbons (Fsp3) is 0.455. The number of rotatable bonds is 2. The van der Waals surface area contributed by atoms with Crippen LogP contribution in [0.3, 0.4) is 0 Å². The summed E-state index contributed by atoms with van der Waals surface area (Å²) in [5.74, 6) is 0. The summed E-state index contributed by atoms with van der Waals surface area (Å²) < 4.78 is 2.65. The molecule has 0 radical (unpaired) electrons. The Kier molecular flexibility index (Phi) is 3.93. The van der Waals surface area contributed by atoms with Crippen LogP contribution in [0.15, 0.2) is 12.1 Å². The van der Waals surface area contributed by atoms with E-state index in [1.54, 1.807) is 0 Å². The van der Waals surface area contributed by atoms with Gasteiger partial charge in [0.25, 0.3) is 0 Å². The van der Waals surface area contributed by atoms with Gasteiger partial charge in [-0.3, -0.25) is 0 Å². The summed E-state index contributed by atoms with van der Waals surface area (Å²) in [6, 6.07) is 4.10. The molecule has 0 saturated carbocycles. The van der Waals surface area contributed by atoms with Crippen molar-refractivity contribution in [3.05, 3.63) is 28.3 Å². The topological polar surface area (TPSA) is 29.3 Å². The van der Waals surface area contributed by atoms with E-state index in [2.05, 4.69) is 43.6 Å². The molecule has 16 heavy (non-hydrogen) atoms. The second-order valence-corrected chi connectivity index (χ2v) is 9.00. The molecule has 0 aromatic heterocycles. The fourth-order valence-corrected chi connectivity index (χ4v) is 5.95. The van der Waals surface area contributed by atoms with Gasteiger partial charge in [0, 0.05) is 0 Å². The Hall–Kier alpha value is 0.730. The first-order valence-corrected chi connectivity index (χ1v) is 9.56. The Labute approximate surface area is 126 Å². The van der Waals surface area contributed by atoms with Crippen LogP contribution in [0, 0.1) is 0 Å². The third kappa shape index (κ3) is 2.18. The minimum atomic E-state index is 0.0535. The summed E-state index contributed by atoms with van der Waals surface area (Å²) >= 11 is 8.74. The molecule has 0 saturated heterocycles. The maximum absolute atomic E-state index is 6.15. The predicted octanol–water partition coefficient (Wildman–Crippen LogP) is -0.0973. The number of hydrogen-bond acceptors (Lipinski definition) is 2. The average molecular weight is 464 g/mol. The Morgan fingerprint density at radius 3 is 2.88 bits per heavy atom. The van der Waals surface area contributed by atoms with Crippen LogP contribution in [0.5, 0.6) is 0 Å². The zero-order chi connectivity index (χ0) is 11.9. The fourth-order valence-electron chi connectivity index (χ4n) is 2.18. The zero-order valence-electron chi connectivity index (χ0n) is 9.23. The molecule has 90 valence electrons. The van der Waals surface area contributed by atoms with E-state index < -0.39 is 0 Å². The first-order valence-electron chi connectivity index (χ1n) is 4.98. The normalized spacial score (nSPS) is 23.9. The summed E-state index contributed by atoms with van der Waals surface area (Å²) in [6.07, 6.45) is 0. The molecule has 1 aromatic rings. The standard InChI is InChI=1S/C11H14ClI2N2/c1-11(13)6-16(14-2)9-4-8(12)3-7(5-15)10(9)11/h3-4H,5-6,15H2,1-2H3/q-1. The molecule has 0 spiro atoms. The summed E-state index contributed by atoms with van der Waals surface area (Å²) in [5, 5.41) is 0.802. The van der Waals surface area contributed by atoms with Crippen molar-refractivity contribution < 1.29 is 21.5 Å². The van der Waals surface area contributed by atoms with Gasteiger partial charge in [0.05, 0.1) is 0 Å². The van der Waals surface area contributed by atoms with Crippen molar-refractivity contribution in [1.29, 1.82) is 0 Å². The van der Waals surface area contributed by atoms with E-state index in [9.17, 15) is 0 Å². The van der Waals surface area contributed by atoms with Crippen molar-refractivity contribution in [2.45, 2.75) is 16.9 Å². The Morgan fingerprint density at radius 2 is 2.31 bits per heavy atom. The van der Waals surface area contributed by atoms with Gasteiger partial charge in [-0.15, -0.1) is 0 Å². The summed E-state index contributed by atoms with van der Waals surface area (Å²) in [7, 11) is 0. The van der Waals surface area contributed by atoms with Gasteiger partial charge < -0.3 is 0 Å². The summed E-state index contributed by atoms with van der Waals surface area (Å²) in [5.41, 5.74) is 9.72. The number of halogens is 3. The summed E-state index contributed by atoms with van der Waals surface area (Å²) in [6.45, 7) is 3.93. The molecule has 1 aliphatic rings. The molecule has 0 fully saturated rings. The van der Waals surface area contributed by atoms with Crippen LogP contribution in [-0.2, 0) is 9.97 Å². The van der Waals surface area contributed by atoms with E-state index >= 15 is 0 Å². The van der Waals surface area contributed by atoms with E-state index in [1.165, 1.54) is 16.8 Å². The zero-order valence-corrected chi connectivity index (χ0v) is 14.3. The predicted molar refractivity (Wildman–Crippen MR) is 74.0 cm³/mol. The molecule has 1 atom stereocenters. The molecular formula is C11H14ClI2N2-. The molecule has 0 bridgehead atoms. The monoisotopic (exact) mass is 463 g/mol. The van der Waals surface area contributed by atoms with Gasteiger partial charge in [-0.1, -0.05) is 0 Å². The molecule has 1 aromatic carbocycles. The van der Waals surface area contributed by atoms with Crippen LogP contribution >= 0.6 is 34.2 Å². The number of hydrogen-bond donors (Lipinski definition) is 1. The number of nitrogens with two attached hydrogens (primary N) is 1. The molecule has 5 heteroatoms. The maximum atomic E-state index is 6.15. The second kappa shape index (κ2) is 4.78. The van der Waals surface area contributed by atoms with Crippen LogP contribution < -0.4 is 30.3 Å². The molecular weight excluding hydrogens is 449 g/mol. The van der Waals surface area contributed by atoms with Crippen molar-refractivity contribution in [3.63, 3.8) is 0 Å². The first kappa shape index (κ1) is 13.2.